The van der Waals surface area contributed by atoms with E-state index in [4.69, 9.17) is 24.3 Å². The van der Waals surface area contributed by atoms with Crippen LogP contribution in [0.3, 0.4) is 0 Å². The number of nitrogens with zero attached hydrogens (tertiary/aromatic N) is 3. The Balaban J connectivity index is 1.55. The predicted octanol–water partition coefficient (Wildman–Crippen LogP) is 8.70. The van der Waals surface area contributed by atoms with Crippen molar-refractivity contribution in [2.45, 2.75) is 51.7 Å². The first kappa shape index (κ1) is 27.9. The number of rotatable bonds is 4. The van der Waals surface area contributed by atoms with Crippen molar-refractivity contribution in [3.05, 3.63) is 115 Å². The van der Waals surface area contributed by atoms with Crippen LogP contribution in [0.2, 0.25) is 0 Å². The van der Waals surface area contributed by atoms with E-state index in [2.05, 4.69) is 119 Å². The highest BCUT2D eigenvalue weighted by Crippen LogP contribution is 2.41. The van der Waals surface area contributed by atoms with E-state index in [0.29, 0.717) is 0 Å². The zero-order valence-electron chi connectivity index (χ0n) is 26.0. The molecule has 0 saturated carbocycles. The van der Waals surface area contributed by atoms with E-state index in [0.717, 1.165) is 84.8 Å². The maximum atomic E-state index is 6.73. The van der Waals surface area contributed by atoms with Gasteiger partial charge in [-0.3, -0.25) is 0 Å². The topological polar surface area (TPSA) is 57.1 Å². The maximum Gasteiger partial charge on any atom is 0.495 e. The molecule has 3 heterocycles. The van der Waals surface area contributed by atoms with Gasteiger partial charge in [-0.05, 0) is 69.1 Å². The minimum atomic E-state index is -0.595. The van der Waals surface area contributed by atoms with Crippen LogP contribution in [0.5, 0.6) is 0 Å². The van der Waals surface area contributed by atoms with Crippen LogP contribution >= 0.6 is 0 Å². The number of benzene rings is 4. The molecule has 5 nitrogen and oxygen atoms in total. The second-order valence-corrected chi connectivity index (χ2v) is 12.9. The minimum Gasteiger partial charge on any atom is -0.399 e. The standard InChI is InChI=1S/C39H34BN3O2/c1-38(2)39(3,4)45-40(44-38)29-24-31-37(43-36(27-20-12-7-13-21-27)35(42-31)26-18-10-6-11-19-26)33-32(29)28-22-14-15-23-30(28)41-34(33)25-16-8-5-9-17-25/h5-6,8-12,14-24H,7,13H2,1-4H3. The Labute approximate surface area is 263 Å². The first-order valence-electron chi connectivity index (χ1n) is 15.7. The van der Waals surface area contributed by atoms with Crippen molar-refractivity contribution in [3.8, 4) is 22.5 Å². The molecule has 1 aliphatic carbocycles. The first-order chi connectivity index (χ1) is 21.8. The molecule has 1 aliphatic heterocycles. The van der Waals surface area contributed by atoms with Crippen LogP contribution in [0.25, 0.3) is 60.8 Å². The van der Waals surface area contributed by atoms with Crippen molar-refractivity contribution in [3.63, 3.8) is 0 Å². The molecule has 220 valence electrons. The van der Waals surface area contributed by atoms with Gasteiger partial charge in [0.25, 0.3) is 0 Å². The molecule has 0 atom stereocenters. The maximum absolute atomic E-state index is 6.73. The molecule has 1 saturated heterocycles. The Morgan fingerprint density at radius 1 is 0.622 bits per heavy atom. The summed E-state index contributed by atoms with van der Waals surface area (Å²) in [5.41, 5.74) is 8.17. The van der Waals surface area contributed by atoms with Crippen LogP contribution < -0.4 is 5.46 Å². The lowest BCUT2D eigenvalue weighted by atomic mass is 9.74. The van der Waals surface area contributed by atoms with Crippen LogP contribution in [0.1, 0.15) is 46.2 Å². The van der Waals surface area contributed by atoms with Gasteiger partial charge in [-0.1, -0.05) is 97.1 Å². The van der Waals surface area contributed by atoms with Crippen LogP contribution in [-0.2, 0) is 9.31 Å². The van der Waals surface area contributed by atoms with Crippen LogP contribution in [0.15, 0.2) is 109 Å². The van der Waals surface area contributed by atoms with Crippen molar-refractivity contribution in [2.24, 2.45) is 0 Å². The van der Waals surface area contributed by atoms with E-state index in [9.17, 15) is 0 Å². The zero-order chi connectivity index (χ0) is 30.8. The highest BCUT2D eigenvalue weighted by Gasteiger charge is 2.52. The van der Waals surface area contributed by atoms with Crippen LogP contribution in [0.4, 0.5) is 0 Å². The van der Waals surface area contributed by atoms with Crippen molar-refractivity contribution >= 4 is 50.9 Å². The fourth-order valence-corrected chi connectivity index (χ4v) is 6.44. The van der Waals surface area contributed by atoms with Gasteiger partial charge >= 0.3 is 7.12 Å². The third-order valence-corrected chi connectivity index (χ3v) is 9.50. The highest BCUT2D eigenvalue weighted by molar-refractivity contribution is 6.66. The summed E-state index contributed by atoms with van der Waals surface area (Å²) in [6, 6.07) is 31.2. The smallest absolute Gasteiger partial charge is 0.399 e. The van der Waals surface area contributed by atoms with Gasteiger partial charge in [0.1, 0.15) is 0 Å². The monoisotopic (exact) mass is 587 g/mol. The molecule has 8 rings (SSSR count). The van der Waals surface area contributed by atoms with Gasteiger partial charge in [0.2, 0.25) is 0 Å². The van der Waals surface area contributed by atoms with E-state index in [1.165, 1.54) is 0 Å². The fourth-order valence-electron chi connectivity index (χ4n) is 6.44. The van der Waals surface area contributed by atoms with E-state index in [1.807, 2.05) is 18.2 Å². The SMILES string of the molecule is CC1(C)OB(c2cc3nc(-c4ccccc4)c(C4=CCCC=C4)nc3c3c(-c4ccccc4)nc4ccccc4c23)OC1(C)C. The molecule has 1 fully saturated rings. The van der Waals surface area contributed by atoms with Crippen molar-refractivity contribution in [1.82, 2.24) is 15.0 Å². The fraction of sp³-hybridized carbons (Fsp3) is 0.205. The van der Waals surface area contributed by atoms with Gasteiger partial charge in [0.15, 0.2) is 0 Å². The van der Waals surface area contributed by atoms with Gasteiger partial charge in [-0.2, -0.15) is 0 Å². The number of para-hydroxylation sites is 1. The van der Waals surface area contributed by atoms with Crippen LogP contribution in [0, 0.1) is 0 Å². The molecule has 6 aromatic rings. The summed E-state index contributed by atoms with van der Waals surface area (Å²) < 4.78 is 13.5. The lowest BCUT2D eigenvalue weighted by molar-refractivity contribution is 0.00578. The second-order valence-electron chi connectivity index (χ2n) is 12.9. The average molecular weight is 588 g/mol. The molecule has 0 amide bonds. The molecule has 0 unspecified atom stereocenters. The number of allylic oxidation sites excluding steroid dienone is 4. The molecular weight excluding hydrogens is 553 g/mol. The number of pyridine rings is 1. The van der Waals surface area contributed by atoms with Crippen molar-refractivity contribution in [2.75, 3.05) is 0 Å². The molecule has 0 N–H and O–H groups in total. The summed E-state index contributed by atoms with van der Waals surface area (Å²) in [4.78, 5) is 16.2. The Morgan fingerprint density at radius 3 is 1.91 bits per heavy atom. The molecule has 2 aromatic heterocycles. The Hall–Kier alpha value is -4.65. The summed E-state index contributed by atoms with van der Waals surface area (Å²) in [5, 5.41) is 3.02. The summed E-state index contributed by atoms with van der Waals surface area (Å²) >= 11 is 0. The van der Waals surface area contributed by atoms with Crippen LogP contribution in [-0.4, -0.2) is 33.3 Å². The average Bonchev–Trinajstić information content (AvgIpc) is 3.30. The largest absolute Gasteiger partial charge is 0.495 e. The van der Waals surface area contributed by atoms with Crippen molar-refractivity contribution in [1.29, 1.82) is 0 Å². The number of fused-ring (bicyclic) bond motifs is 5. The number of aromatic nitrogens is 3. The molecule has 0 spiro atoms. The van der Waals surface area contributed by atoms with E-state index >= 15 is 0 Å². The molecule has 0 bridgehead atoms. The van der Waals surface area contributed by atoms with Crippen molar-refractivity contribution < 1.29 is 9.31 Å². The van der Waals surface area contributed by atoms with Gasteiger partial charge in [-0.15, -0.1) is 0 Å². The molecule has 4 aromatic carbocycles. The van der Waals surface area contributed by atoms with E-state index in [-0.39, 0.29) is 0 Å². The Kier molecular flexibility index (Phi) is 6.49. The Morgan fingerprint density at radius 2 is 1.24 bits per heavy atom. The molecule has 45 heavy (non-hydrogen) atoms. The first-order valence-corrected chi connectivity index (χ1v) is 15.7. The Bertz CT molecular complexity index is 2160. The number of hydrogen-bond donors (Lipinski definition) is 0. The molecular formula is C39H34BN3O2. The molecule has 6 heteroatoms. The second kappa shape index (κ2) is 10.5. The summed E-state index contributed by atoms with van der Waals surface area (Å²) in [5.74, 6) is 0. The summed E-state index contributed by atoms with van der Waals surface area (Å²) in [6.45, 7) is 8.37. The lowest BCUT2D eigenvalue weighted by Crippen LogP contribution is -2.41. The third kappa shape index (κ3) is 4.59. The molecule has 0 radical (unpaired) electrons. The van der Waals surface area contributed by atoms with Gasteiger partial charge in [-0.25, -0.2) is 15.0 Å². The van der Waals surface area contributed by atoms with E-state index in [1.54, 1.807) is 0 Å². The van der Waals surface area contributed by atoms with Gasteiger partial charge in [0.05, 0.1) is 44.8 Å². The summed E-state index contributed by atoms with van der Waals surface area (Å²) in [6.07, 6.45) is 8.68. The molecule has 2 aliphatic rings. The zero-order valence-corrected chi connectivity index (χ0v) is 26.0. The predicted molar refractivity (Wildman–Crippen MR) is 185 cm³/mol. The highest BCUT2D eigenvalue weighted by atomic mass is 16.7. The quantitative estimate of drug-likeness (QED) is 0.153. The van der Waals surface area contributed by atoms with E-state index < -0.39 is 18.3 Å². The van der Waals surface area contributed by atoms with Gasteiger partial charge in [0, 0.05) is 21.9 Å². The van der Waals surface area contributed by atoms with Gasteiger partial charge < -0.3 is 9.31 Å². The normalized spacial score (nSPS) is 17.3. The number of hydrogen-bond acceptors (Lipinski definition) is 5. The lowest BCUT2D eigenvalue weighted by Gasteiger charge is -2.32. The summed E-state index contributed by atoms with van der Waals surface area (Å²) in [7, 11) is -0.595. The minimum absolute atomic E-state index is 0.505. The third-order valence-electron chi connectivity index (χ3n) is 9.50.